The number of anilines is 2. The molecule has 0 saturated heterocycles. The third-order valence-electron chi connectivity index (χ3n) is 3.80. The van der Waals surface area contributed by atoms with Gasteiger partial charge >= 0.3 is 0 Å². The van der Waals surface area contributed by atoms with Gasteiger partial charge in [0.2, 0.25) is 0 Å². The van der Waals surface area contributed by atoms with Crippen LogP contribution in [0.25, 0.3) is 0 Å². The van der Waals surface area contributed by atoms with Crippen LogP contribution in [0.4, 0.5) is 11.4 Å². The van der Waals surface area contributed by atoms with Gasteiger partial charge < -0.3 is 10.1 Å². The van der Waals surface area contributed by atoms with E-state index >= 15 is 0 Å². The molecule has 3 rings (SSSR count). The number of rotatable bonds is 8. The Hall–Kier alpha value is -2.41. The Balaban J connectivity index is 1.62. The Morgan fingerprint density at radius 2 is 1.36 bits per heavy atom. The summed E-state index contributed by atoms with van der Waals surface area (Å²) in [5.41, 5.74) is 1.10. The molecule has 0 fully saturated rings. The molecule has 0 saturated carbocycles. The second kappa shape index (κ2) is 9.19. The lowest BCUT2D eigenvalue weighted by atomic mass is 10.3. The van der Waals surface area contributed by atoms with Gasteiger partial charge in [0.05, 0.1) is 16.3 Å². The Bertz CT molecular complexity index is 1020. The summed E-state index contributed by atoms with van der Waals surface area (Å²) in [4.78, 5) is 0.137. The number of benzene rings is 3. The zero-order valence-electron chi connectivity index (χ0n) is 14.7. The summed E-state index contributed by atoms with van der Waals surface area (Å²) < 4.78 is 33.4. The SMILES string of the molecule is O=S(=O)(Nc1ccccc1NCCOc1ccc(Cl)cc1)c1ccc(Cl)cc1. The van der Waals surface area contributed by atoms with E-state index in [-0.39, 0.29) is 4.90 Å². The minimum Gasteiger partial charge on any atom is -0.492 e. The first-order chi connectivity index (χ1) is 13.4. The highest BCUT2D eigenvalue weighted by Crippen LogP contribution is 2.25. The molecule has 146 valence electrons. The molecule has 28 heavy (non-hydrogen) atoms. The maximum atomic E-state index is 12.6. The van der Waals surface area contributed by atoms with Crippen LogP contribution in [0.1, 0.15) is 0 Å². The fourth-order valence-electron chi connectivity index (χ4n) is 2.43. The van der Waals surface area contributed by atoms with Crippen molar-refractivity contribution >= 4 is 44.6 Å². The van der Waals surface area contributed by atoms with E-state index in [0.29, 0.717) is 40.3 Å². The normalized spacial score (nSPS) is 11.1. The van der Waals surface area contributed by atoms with Gasteiger partial charge in [0.25, 0.3) is 10.0 Å². The van der Waals surface area contributed by atoms with Crippen molar-refractivity contribution in [3.8, 4) is 5.75 Å². The minimum absolute atomic E-state index is 0.137. The lowest BCUT2D eigenvalue weighted by Gasteiger charge is -2.14. The molecular formula is C20H18Cl2N2O3S. The summed E-state index contributed by atoms with van der Waals surface area (Å²) in [6.07, 6.45) is 0. The van der Waals surface area contributed by atoms with Crippen LogP contribution in [-0.4, -0.2) is 21.6 Å². The van der Waals surface area contributed by atoms with Gasteiger partial charge in [-0.05, 0) is 60.7 Å². The van der Waals surface area contributed by atoms with Crippen molar-refractivity contribution in [2.75, 3.05) is 23.2 Å². The minimum atomic E-state index is -3.72. The maximum Gasteiger partial charge on any atom is 0.261 e. The van der Waals surface area contributed by atoms with Crippen LogP contribution in [0, 0.1) is 0 Å². The summed E-state index contributed by atoms with van der Waals surface area (Å²) >= 11 is 11.7. The van der Waals surface area contributed by atoms with Gasteiger partial charge in [-0.1, -0.05) is 35.3 Å². The average Bonchev–Trinajstić information content (AvgIpc) is 2.68. The molecule has 3 aromatic rings. The van der Waals surface area contributed by atoms with E-state index in [1.165, 1.54) is 24.3 Å². The van der Waals surface area contributed by atoms with Crippen molar-refractivity contribution in [1.29, 1.82) is 0 Å². The number of halogens is 2. The predicted molar refractivity (Wildman–Crippen MR) is 114 cm³/mol. The molecule has 0 bridgehead atoms. The third kappa shape index (κ3) is 5.55. The van der Waals surface area contributed by atoms with Crippen LogP contribution in [0.15, 0.2) is 77.7 Å². The van der Waals surface area contributed by atoms with Crippen molar-refractivity contribution in [2.24, 2.45) is 0 Å². The van der Waals surface area contributed by atoms with E-state index in [9.17, 15) is 8.42 Å². The zero-order chi connectivity index (χ0) is 20.0. The molecule has 0 spiro atoms. The fraction of sp³-hybridized carbons (Fsp3) is 0.100. The number of sulfonamides is 1. The summed E-state index contributed by atoms with van der Waals surface area (Å²) in [5.74, 6) is 0.711. The number of ether oxygens (including phenoxy) is 1. The Morgan fingerprint density at radius 3 is 2.00 bits per heavy atom. The molecule has 0 aliphatic rings. The molecule has 0 amide bonds. The molecule has 2 N–H and O–H groups in total. The first-order valence-electron chi connectivity index (χ1n) is 8.44. The fourth-order valence-corrected chi connectivity index (χ4v) is 3.76. The highest BCUT2D eigenvalue weighted by atomic mass is 35.5. The highest BCUT2D eigenvalue weighted by molar-refractivity contribution is 7.92. The van der Waals surface area contributed by atoms with Gasteiger partial charge in [-0.2, -0.15) is 0 Å². The quantitative estimate of drug-likeness (QED) is 0.471. The second-order valence-electron chi connectivity index (χ2n) is 5.83. The lowest BCUT2D eigenvalue weighted by molar-refractivity contribution is 0.333. The van der Waals surface area contributed by atoms with Crippen molar-refractivity contribution in [3.63, 3.8) is 0 Å². The lowest BCUT2D eigenvalue weighted by Crippen LogP contribution is -2.16. The molecule has 0 heterocycles. The zero-order valence-corrected chi connectivity index (χ0v) is 17.1. The molecular weight excluding hydrogens is 419 g/mol. The van der Waals surface area contributed by atoms with E-state index in [0.717, 1.165) is 0 Å². The van der Waals surface area contributed by atoms with E-state index in [1.54, 1.807) is 42.5 Å². The van der Waals surface area contributed by atoms with Gasteiger partial charge in [-0.15, -0.1) is 0 Å². The van der Waals surface area contributed by atoms with E-state index in [4.69, 9.17) is 27.9 Å². The number of hydrogen-bond donors (Lipinski definition) is 2. The first kappa shape index (κ1) is 20.3. The van der Waals surface area contributed by atoms with Crippen LogP contribution in [0.5, 0.6) is 5.75 Å². The summed E-state index contributed by atoms with van der Waals surface area (Å²) in [6, 6.07) is 20.1. The van der Waals surface area contributed by atoms with Crippen molar-refractivity contribution in [3.05, 3.63) is 82.8 Å². The number of hydrogen-bond acceptors (Lipinski definition) is 4. The molecule has 0 aliphatic heterocycles. The topological polar surface area (TPSA) is 67.4 Å². The average molecular weight is 437 g/mol. The molecule has 0 radical (unpaired) electrons. The Labute approximate surface area is 174 Å². The third-order valence-corrected chi connectivity index (χ3v) is 5.68. The first-order valence-corrected chi connectivity index (χ1v) is 10.7. The number of para-hydroxylation sites is 2. The van der Waals surface area contributed by atoms with E-state index < -0.39 is 10.0 Å². The second-order valence-corrected chi connectivity index (χ2v) is 8.39. The van der Waals surface area contributed by atoms with Crippen LogP contribution in [0.3, 0.4) is 0 Å². The van der Waals surface area contributed by atoms with Gasteiger partial charge in [-0.3, -0.25) is 4.72 Å². The van der Waals surface area contributed by atoms with E-state index in [2.05, 4.69) is 10.0 Å². The Morgan fingerprint density at radius 1 is 0.786 bits per heavy atom. The van der Waals surface area contributed by atoms with Crippen LogP contribution in [-0.2, 0) is 10.0 Å². The van der Waals surface area contributed by atoms with Crippen LogP contribution in [0.2, 0.25) is 10.0 Å². The van der Waals surface area contributed by atoms with Crippen molar-refractivity contribution in [1.82, 2.24) is 0 Å². The van der Waals surface area contributed by atoms with Crippen LogP contribution < -0.4 is 14.8 Å². The molecule has 0 atom stereocenters. The van der Waals surface area contributed by atoms with Crippen molar-refractivity contribution < 1.29 is 13.2 Å². The van der Waals surface area contributed by atoms with Crippen LogP contribution >= 0.6 is 23.2 Å². The number of nitrogens with one attached hydrogen (secondary N) is 2. The monoisotopic (exact) mass is 436 g/mol. The van der Waals surface area contributed by atoms with Gasteiger partial charge in [0, 0.05) is 16.6 Å². The molecule has 3 aromatic carbocycles. The van der Waals surface area contributed by atoms with Gasteiger partial charge in [0.1, 0.15) is 12.4 Å². The molecule has 5 nitrogen and oxygen atoms in total. The summed E-state index contributed by atoms with van der Waals surface area (Å²) in [6.45, 7) is 0.891. The maximum absolute atomic E-state index is 12.6. The largest absolute Gasteiger partial charge is 0.492 e. The molecule has 0 unspecified atom stereocenters. The summed E-state index contributed by atoms with van der Waals surface area (Å²) in [7, 11) is -3.72. The molecule has 0 aliphatic carbocycles. The molecule has 8 heteroatoms. The highest BCUT2D eigenvalue weighted by Gasteiger charge is 2.15. The smallest absolute Gasteiger partial charge is 0.261 e. The van der Waals surface area contributed by atoms with E-state index in [1.807, 2.05) is 6.07 Å². The van der Waals surface area contributed by atoms with Crippen molar-refractivity contribution in [2.45, 2.75) is 4.90 Å². The Kier molecular flexibility index (Phi) is 6.67. The van der Waals surface area contributed by atoms with Gasteiger partial charge in [-0.25, -0.2) is 8.42 Å². The summed E-state index contributed by atoms with van der Waals surface area (Å²) in [5, 5.41) is 4.30. The molecule has 0 aromatic heterocycles. The predicted octanol–water partition coefficient (Wildman–Crippen LogP) is 5.29. The standard InChI is InChI=1S/C20H18Cl2N2O3S/c21-15-5-9-17(10-6-15)27-14-13-23-19-3-1-2-4-20(19)24-28(25,26)18-11-7-16(22)8-12-18/h1-12,23-24H,13-14H2. The van der Waals surface area contributed by atoms with Gasteiger partial charge in [0.15, 0.2) is 0 Å².